The first-order valence-corrected chi connectivity index (χ1v) is 3.69. The van der Waals surface area contributed by atoms with Crippen molar-refractivity contribution in [3.8, 4) is 0 Å². The zero-order valence-electron chi connectivity index (χ0n) is 6.74. The SMILES string of the molecule is [N-]=[N+]=NCCc1c(F)cccc1F. The first-order valence-electron chi connectivity index (χ1n) is 3.69. The lowest BCUT2D eigenvalue weighted by molar-refractivity contribution is 0.555. The van der Waals surface area contributed by atoms with Gasteiger partial charge in [0.2, 0.25) is 0 Å². The minimum absolute atomic E-state index is 0.0325. The van der Waals surface area contributed by atoms with Crippen LogP contribution in [0.2, 0.25) is 0 Å². The van der Waals surface area contributed by atoms with Crippen LogP contribution < -0.4 is 0 Å². The Morgan fingerprint density at radius 2 is 1.92 bits per heavy atom. The van der Waals surface area contributed by atoms with Crippen LogP contribution in [0.25, 0.3) is 10.4 Å². The minimum Gasteiger partial charge on any atom is -0.207 e. The molecule has 0 N–H and O–H groups in total. The van der Waals surface area contributed by atoms with Gasteiger partial charge in [-0.25, -0.2) is 8.78 Å². The van der Waals surface area contributed by atoms with E-state index < -0.39 is 11.6 Å². The minimum atomic E-state index is -0.604. The fourth-order valence-electron chi connectivity index (χ4n) is 0.978. The molecule has 1 aromatic carbocycles. The maximum atomic E-state index is 12.9. The second-order valence-electron chi connectivity index (χ2n) is 2.40. The van der Waals surface area contributed by atoms with Crippen molar-refractivity contribution in [1.82, 2.24) is 0 Å². The highest BCUT2D eigenvalue weighted by molar-refractivity contribution is 5.19. The Labute approximate surface area is 73.6 Å². The van der Waals surface area contributed by atoms with Gasteiger partial charge in [-0.1, -0.05) is 11.2 Å². The Morgan fingerprint density at radius 1 is 1.31 bits per heavy atom. The molecule has 0 aliphatic heterocycles. The van der Waals surface area contributed by atoms with Gasteiger partial charge in [0.15, 0.2) is 0 Å². The molecule has 0 unspecified atom stereocenters. The highest BCUT2D eigenvalue weighted by Gasteiger charge is 2.06. The maximum absolute atomic E-state index is 12.9. The maximum Gasteiger partial charge on any atom is 0.129 e. The van der Waals surface area contributed by atoms with Crippen molar-refractivity contribution in [3.63, 3.8) is 0 Å². The Kier molecular flexibility index (Phi) is 3.23. The standard InChI is InChI=1S/C8H7F2N3/c9-7-2-1-3-8(10)6(7)4-5-12-13-11/h1-3H,4-5H2. The summed E-state index contributed by atoms with van der Waals surface area (Å²) in [6, 6.07) is 3.64. The van der Waals surface area contributed by atoms with Gasteiger partial charge in [-0.15, -0.1) is 0 Å². The molecule has 0 aliphatic rings. The normalized spacial score (nSPS) is 9.38. The molecule has 0 saturated carbocycles. The molecule has 0 heterocycles. The van der Waals surface area contributed by atoms with Crippen molar-refractivity contribution in [3.05, 3.63) is 45.8 Å². The van der Waals surface area contributed by atoms with Crippen LogP contribution in [-0.2, 0) is 6.42 Å². The van der Waals surface area contributed by atoms with Gasteiger partial charge in [-0.2, -0.15) is 0 Å². The van der Waals surface area contributed by atoms with E-state index in [0.717, 1.165) is 0 Å². The van der Waals surface area contributed by atoms with E-state index in [9.17, 15) is 8.78 Å². The predicted octanol–water partition coefficient (Wildman–Crippen LogP) is 2.82. The van der Waals surface area contributed by atoms with E-state index in [1.54, 1.807) is 0 Å². The molecule has 0 atom stereocenters. The van der Waals surface area contributed by atoms with Crippen molar-refractivity contribution < 1.29 is 8.78 Å². The Morgan fingerprint density at radius 3 is 2.46 bits per heavy atom. The van der Waals surface area contributed by atoms with Crippen LogP contribution >= 0.6 is 0 Å². The number of halogens is 2. The lowest BCUT2D eigenvalue weighted by atomic mass is 10.1. The number of nitrogens with zero attached hydrogens (tertiary/aromatic N) is 3. The summed E-state index contributed by atoms with van der Waals surface area (Å²) < 4.78 is 25.8. The van der Waals surface area contributed by atoms with Crippen molar-refractivity contribution in [2.24, 2.45) is 5.11 Å². The van der Waals surface area contributed by atoms with Crippen molar-refractivity contribution >= 4 is 0 Å². The fourth-order valence-corrected chi connectivity index (χ4v) is 0.978. The highest BCUT2D eigenvalue weighted by atomic mass is 19.1. The van der Waals surface area contributed by atoms with Crippen LogP contribution in [0.1, 0.15) is 5.56 Å². The average Bonchev–Trinajstić information content (AvgIpc) is 2.10. The van der Waals surface area contributed by atoms with E-state index in [1.165, 1.54) is 18.2 Å². The molecule has 5 heteroatoms. The molecule has 0 saturated heterocycles. The zero-order chi connectivity index (χ0) is 9.68. The highest BCUT2D eigenvalue weighted by Crippen LogP contribution is 2.12. The molecule has 1 rings (SSSR count). The van der Waals surface area contributed by atoms with Crippen molar-refractivity contribution in [1.29, 1.82) is 0 Å². The van der Waals surface area contributed by atoms with Crippen LogP contribution in [0.15, 0.2) is 23.3 Å². The molecule has 1 aromatic rings. The van der Waals surface area contributed by atoms with E-state index in [-0.39, 0.29) is 18.5 Å². The number of hydrogen-bond donors (Lipinski definition) is 0. The van der Waals surface area contributed by atoms with E-state index in [4.69, 9.17) is 5.53 Å². The molecule has 3 nitrogen and oxygen atoms in total. The molecule has 0 aromatic heterocycles. The Balaban J connectivity index is 2.80. The molecule has 13 heavy (non-hydrogen) atoms. The Hall–Kier alpha value is -1.61. The number of hydrogen-bond acceptors (Lipinski definition) is 1. The third kappa shape index (κ3) is 2.42. The second-order valence-corrected chi connectivity index (χ2v) is 2.40. The molecular weight excluding hydrogens is 176 g/mol. The van der Waals surface area contributed by atoms with Crippen molar-refractivity contribution in [2.75, 3.05) is 6.54 Å². The van der Waals surface area contributed by atoms with Crippen LogP contribution in [-0.4, -0.2) is 6.54 Å². The lowest BCUT2D eigenvalue weighted by Crippen LogP contribution is -1.97. The third-order valence-corrected chi connectivity index (χ3v) is 1.59. The molecule has 0 bridgehead atoms. The summed E-state index contributed by atoms with van der Waals surface area (Å²) in [6.45, 7) is 0.0638. The summed E-state index contributed by atoms with van der Waals surface area (Å²) in [5.41, 5.74) is 7.92. The van der Waals surface area contributed by atoms with E-state index in [2.05, 4.69) is 10.0 Å². The number of rotatable bonds is 3. The predicted molar refractivity (Wildman–Crippen MR) is 44.1 cm³/mol. The van der Waals surface area contributed by atoms with Crippen LogP contribution in [0.4, 0.5) is 8.78 Å². The monoisotopic (exact) mass is 183 g/mol. The molecule has 0 radical (unpaired) electrons. The fraction of sp³-hybridized carbons (Fsp3) is 0.250. The van der Waals surface area contributed by atoms with Gasteiger partial charge >= 0.3 is 0 Å². The van der Waals surface area contributed by atoms with Crippen molar-refractivity contribution in [2.45, 2.75) is 6.42 Å². The average molecular weight is 183 g/mol. The Bertz CT molecular complexity index is 325. The summed E-state index contributed by atoms with van der Waals surface area (Å²) >= 11 is 0. The molecule has 0 spiro atoms. The first-order chi connectivity index (χ1) is 6.25. The molecule has 68 valence electrons. The number of azide groups is 1. The second kappa shape index (κ2) is 4.42. The van der Waals surface area contributed by atoms with Crippen LogP contribution in [0.3, 0.4) is 0 Å². The molecule has 0 aliphatic carbocycles. The smallest absolute Gasteiger partial charge is 0.129 e. The van der Waals surface area contributed by atoms with Gasteiger partial charge in [0.25, 0.3) is 0 Å². The number of benzene rings is 1. The molecule has 0 fully saturated rings. The van der Waals surface area contributed by atoms with Gasteiger partial charge < -0.3 is 0 Å². The van der Waals surface area contributed by atoms with E-state index in [0.29, 0.717) is 0 Å². The summed E-state index contributed by atoms with van der Waals surface area (Å²) in [4.78, 5) is 2.49. The van der Waals surface area contributed by atoms with Gasteiger partial charge in [-0.3, -0.25) is 0 Å². The van der Waals surface area contributed by atoms with Gasteiger partial charge in [0.1, 0.15) is 11.6 Å². The van der Waals surface area contributed by atoms with E-state index >= 15 is 0 Å². The van der Waals surface area contributed by atoms with Crippen LogP contribution in [0, 0.1) is 11.6 Å². The first kappa shape index (κ1) is 9.48. The lowest BCUT2D eigenvalue weighted by Gasteiger charge is -2.00. The quantitative estimate of drug-likeness (QED) is 0.393. The zero-order valence-corrected chi connectivity index (χ0v) is 6.74. The van der Waals surface area contributed by atoms with Gasteiger partial charge in [0, 0.05) is 17.0 Å². The summed E-state index contributed by atoms with van der Waals surface area (Å²) in [7, 11) is 0. The summed E-state index contributed by atoms with van der Waals surface area (Å²) in [6.07, 6.45) is 0.0859. The molecule has 0 amide bonds. The summed E-state index contributed by atoms with van der Waals surface area (Å²) in [5, 5.41) is 3.20. The van der Waals surface area contributed by atoms with Crippen LogP contribution in [0.5, 0.6) is 0 Å². The van der Waals surface area contributed by atoms with E-state index in [1.807, 2.05) is 0 Å². The largest absolute Gasteiger partial charge is 0.207 e. The summed E-state index contributed by atoms with van der Waals surface area (Å²) in [5.74, 6) is -1.21. The topological polar surface area (TPSA) is 48.8 Å². The third-order valence-electron chi connectivity index (χ3n) is 1.59. The van der Waals surface area contributed by atoms with Gasteiger partial charge in [-0.05, 0) is 24.1 Å². The molecular formula is C8H7F2N3. The van der Waals surface area contributed by atoms with Gasteiger partial charge in [0.05, 0.1) is 0 Å².